The van der Waals surface area contributed by atoms with Crippen LogP contribution in [-0.4, -0.2) is 35.9 Å². The molecule has 1 aliphatic heterocycles. The Morgan fingerprint density at radius 2 is 1.83 bits per heavy atom. The van der Waals surface area contributed by atoms with Gasteiger partial charge >= 0.3 is 0 Å². The van der Waals surface area contributed by atoms with Gasteiger partial charge in [0.15, 0.2) is 0 Å². The average Bonchev–Trinajstić information content (AvgIpc) is 2.76. The highest BCUT2D eigenvalue weighted by molar-refractivity contribution is 7.98. The number of hydrogen-bond acceptors (Lipinski definition) is 4. The lowest BCUT2D eigenvalue weighted by molar-refractivity contribution is -0.128. The van der Waals surface area contributed by atoms with Gasteiger partial charge in [-0.15, -0.1) is 12.4 Å². The van der Waals surface area contributed by atoms with Gasteiger partial charge in [0.05, 0.1) is 6.04 Å². The van der Waals surface area contributed by atoms with E-state index in [0.717, 1.165) is 17.9 Å². The van der Waals surface area contributed by atoms with E-state index in [1.807, 2.05) is 42.7 Å². The van der Waals surface area contributed by atoms with Gasteiger partial charge in [0.1, 0.15) is 6.04 Å². The molecule has 0 spiro atoms. The molecular formula is C23H30ClN3O2S. The summed E-state index contributed by atoms with van der Waals surface area (Å²) in [5.41, 5.74) is 4.38. The molecule has 2 aromatic rings. The highest BCUT2D eigenvalue weighted by atomic mass is 35.5. The molecule has 1 aliphatic rings. The molecule has 2 atom stereocenters. The van der Waals surface area contributed by atoms with Gasteiger partial charge in [0.2, 0.25) is 11.8 Å². The van der Waals surface area contributed by atoms with E-state index in [2.05, 4.69) is 35.0 Å². The summed E-state index contributed by atoms with van der Waals surface area (Å²) in [5.74, 6) is 0.503. The van der Waals surface area contributed by atoms with E-state index in [1.165, 1.54) is 16.7 Å². The van der Waals surface area contributed by atoms with Crippen molar-refractivity contribution in [1.29, 1.82) is 0 Å². The number of thioether (sulfide) groups is 1. The molecule has 0 aliphatic carbocycles. The van der Waals surface area contributed by atoms with Gasteiger partial charge in [-0.25, -0.2) is 0 Å². The second kappa shape index (κ2) is 12.0. The third kappa shape index (κ3) is 6.49. The quantitative estimate of drug-likeness (QED) is 0.578. The SMILES string of the molecule is CCc1ccc(NC(=O)C(CCSC)NC(=O)C2Cc3ccccc3CN2)cc1.Cl. The lowest BCUT2D eigenvalue weighted by Crippen LogP contribution is -2.53. The van der Waals surface area contributed by atoms with Crippen molar-refractivity contribution in [3.8, 4) is 0 Å². The zero-order chi connectivity index (χ0) is 20.6. The van der Waals surface area contributed by atoms with Crippen molar-refractivity contribution >= 4 is 41.7 Å². The summed E-state index contributed by atoms with van der Waals surface area (Å²) in [6, 6.07) is 15.1. The molecule has 0 saturated heterocycles. The van der Waals surface area contributed by atoms with E-state index >= 15 is 0 Å². The molecule has 2 amide bonds. The van der Waals surface area contributed by atoms with Gasteiger partial charge in [-0.1, -0.05) is 43.3 Å². The number of rotatable bonds is 8. The van der Waals surface area contributed by atoms with Crippen molar-refractivity contribution in [2.75, 3.05) is 17.3 Å². The van der Waals surface area contributed by atoms with Crippen LogP contribution in [0.5, 0.6) is 0 Å². The summed E-state index contributed by atoms with van der Waals surface area (Å²) in [4.78, 5) is 25.7. The third-order valence-corrected chi connectivity index (χ3v) is 5.92. The van der Waals surface area contributed by atoms with Crippen LogP contribution in [0, 0.1) is 0 Å². The Hall–Kier alpha value is -2.02. The summed E-state index contributed by atoms with van der Waals surface area (Å²) < 4.78 is 0. The normalized spacial score (nSPS) is 16.0. The molecule has 0 radical (unpaired) electrons. The van der Waals surface area contributed by atoms with Crippen LogP contribution in [0.1, 0.15) is 30.0 Å². The van der Waals surface area contributed by atoms with Crippen molar-refractivity contribution < 1.29 is 9.59 Å². The van der Waals surface area contributed by atoms with Crippen molar-refractivity contribution in [2.24, 2.45) is 0 Å². The average molecular weight is 448 g/mol. The second-order valence-electron chi connectivity index (χ2n) is 7.29. The van der Waals surface area contributed by atoms with E-state index in [9.17, 15) is 9.59 Å². The maximum absolute atomic E-state index is 12.9. The Morgan fingerprint density at radius 3 is 2.50 bits per heavy atom. The van der Waals surface area contributed by atoms with Crippen LogP contribution >= 0.6 is 24.2 Å². The molecule has 5 nitrogen and oxygen atoms in total. The van der Waals surface area contributed by atoms with Crippen molar-refractivity contribution in [3.05, 3.63) is 65.2 Å². The van der Waals surface area contributed by atoms with Crippen molar-refractivity contribution in [2.45, 2.75) is 44.8 Å². The number of carbonyl (C=O) groups is 2. The first-order valence-corrected chi connectivity index (χ1v) is 11.5. The van der Waals surface area contributed by atoms with E-state index in [1.54, 1.807) is 11.8 Å². The first kappa shape index (κ1) is 24.3. The largest absolute Gasteiger partial charge is 0.343 e. The molecule has 0 fully saturated rings. The number of nitrogens with one attached hydrogen (secondary N) is 3. The van der Waals surface area contributed by atoms with Crippen LogP contribution in [0.15, 0.2) is 48.5 Å². The first-order valence-electron chi connectivity index (χ1n) is 10.1. The molecule has 2 aromatic carbocycles. The fourth-order valence-corrected chi connectivity index (χ4v) is 3.94. The molecule has 162 valence electrons. The molecule has 3 N–H and O–H groups in total. The zero-order valence-corrected chi connectivity index (χ0v) is 19.1. The van der Waals surface area contributed by atoms with Gasteiger partial charge in [-0.05, 0) is 60.1 Å². The second-order valence-corrected chi connectivity index (χ2v) is 8.27. The van der Waals surface area contributed by atoms with Crippen molar-refractivity contribution in [1.82, 2.24) is 10.6 Å². The number of carbonyl (C=O) groups excluding carboxylic acids is 2. The van der Waals surface area contributed by atoms with Gasteiger partial charge < -0.3 is 16.0 Å². The predicted octanol–water partition coefficient (Wildman–Crippen LogP) is 3.56. The number of hydrogen-bond donors (Lipinski definition) is 3. The maximum Gasteiger partial charge on any atom is 0.246 e. The molecule has 7 heteroatoms. The number of benzene rings is 2. The summed E-state index contributed by atoms with van der Waals surface area (Å²) in [7, 11) is 0. The topological polar surface area (TPSA) is 70.2 Å². The summed E-state index contributed by atoms with van der Waals surface area (Å²) >= 11 is 1.67. The molecule has 2 unspecified atom stereocenters. The molecule has 0 bridgehead atoms. The fraction of sp³-hybridized carbons (Fsp3) is 0.391. The number of halogens is 1. The molecule has 0 aromatic heterocycles. The van der Waals surface area contributed by atoms with Gasteiger partial charge in [-0.3, -0.25) is 9.59 Å². The fourth-order valence-electron chi connectivity index (χ4n) is 3.47. The van der Waals surface area contributed by atoms with Crippen LogP contribution in [0.2, 0.25) is 0 Å². The highest BCUT2D eigenvalue weighted by Gasteiger charge is 2.28. The monoisotopic (exact) mass is 447 g/mol. The van der Waals surface area contributed by atoms with Crippen LogP contribution in [0.3, 0.4) is 0 Å². The molecule has 3 rings (SSSR count). The zero-order valence-electron chi connectivity index (χ0n) is 17.4. The molecular weight excluding hydrogens is 418 g/mol. The van der Waals surface area contributed by atoms with Gasteiger partial charge in [0, 0.05) is 12.2 Å². The van der Waals surface area contributed by atoms with E-state index in [-0.39, 0.29) is 30.3 Å². The van der Waals surface area contributed by atoms with Crippen LogP contribution in [0.4, 0.5) is 5.69 Å². The molecule has 1 heterocycles. The predicted molar refractivity (Wildman–Crippen MR) is 127 cm³/mol. The molecule has 0 saturated carbocycles. The minimum atomic E-state index is -0.556. The standard InChI is InChI=1S/C23H29N3O2S.ClH/c1-3-16-8-10-19(11-9-16)25-22(27)20(12-13-29-2)26-23(28)21-14-17-6-4-5-7-18(17)15-24-21;/h4-11,20-21,24H,3,12-15H2,1-2H3,(H,25,27)(H,26,28);1H. The number of anilines is 1. The van der Waals surface area contributed by atoms with E-state index in [0.29, 0.717) is 19.4 Å². The van der Waals surface area contributed by atoms with Crippen LogP contribution in [0.25, 0.3) is 0 Å². The summed E-state index contributed by atoms with van der Waals surface area (Å²) in [5, 5.41) is 9.20. The first-order chi connectivity index (χ1) is 14.1. The lowest BCUT2D eigenvalue weighted by atomic mass is 9.95. The molecule has 30 heavy (non-hydrogen) atoms. The number of fused-ring (bicyclic) bond motifs is 1. The summed E-state index contributed by atoms with van der Waals surface area (Å²) in [6.07, 6.45) is 4.18. The number of amides is 2. The Labute approximate surface area is 189 Å². The third-order valence-electron chi connectivity index (χ3n) is 5.27. The van der Waals surface area contributed by atoms with Crippen molar-refractivity contribution in [3.63, 3.8) is 0 Å². The van der Waals surface area contributed by atoms with E-state index in [4.69, 9.17) is 0 Å². The minimum absolute atomic E-state index is 0. The lowest BCUT2D eigenvalue weighted by Gasteiger charge is -2.27. The van der Waals surface area contributed by atoms with Gasteiger partial charge in [-0.2, -0.15) is 11.8 Å². The number of aryl methyl sites for hydroxylation is 1. The minimum Gasteiger partial charge on any atom is -0.343 e. The maximum atomic E-state index is 12.9. The Bertz CT molecular complexity index is 845. The Morgan fingerprint density at radius 1 is 1.13 bits per heavy atom. The smallest absolute Gasteiger partial charge is 0.246 e. The summed E-state index contributed by atoms with van der Waals surface area (Å²) in [6.45, 7) is 2.76. The van der Waals surface area contributed by atoms with E-state index < -0.39 is 6.04 Å². The highest BCUT2D eigenvalue weighted by Crippen LogP contribution is 2.17. The van der Waals surface area contributed by atoms with Gasteiger partial charge in [0.25, 0.3) is 0 Å². The Kier molecular flexibility index (Phi) is 9.69. The van der Waals surface area contributed by atoms with Crippen LogP contribution in [-0.2, 0) is 29.0 Å². The van der Waals surface area contributed by atoms with Crippen LogP contribution < -0.4 is 16.0 Å². The Balaban J connectivity index is 0.00000320.